The summed E-state index contributed by atoms with van der Waals surface area (Å²) in [5.74, 6) is -0.434. The number of amides is 1. The molecule has 0 spiro atoms. The van der Waals surface area contributed by atoms with Gasteiger partial charge >= 0.3 is 6.18 Å². The van der Waals surface area contributed by atoms with Gasteiger partial charge in [-0.15, -0.1) is 0 Å². The van der Waals surface area contributed by atoms with Gasteiger partial charge in [0, 0.05) is 24.2 Å². The van der Waals surface area contributed by atoms with Gasteiger partial charge in [0.05, 0.1) is 21.7 Å². The molecule has 2 aromatic carbocycles. The summed E-state index contributed by atoms with van der Waals surface area (Å²) in [5.41, 5.74) is 1.02. The maximum atomic E-state index is 13.4. The molecule has 0 unspecified atom stereocenters. The molecular weight excluding hydrogens is 429 g/mol. The molecule has 0 aliphatic heterocycles. The highest BCUT2D eigenvalue weighted by Gasteiger charge is 2.34. The number of benzene rings is 2. The summed E-state index contributed by atoms with van der Waals surface area (Å²) in [4.78, 5) is 12.9. The molecule has 0 saturated heterocycles. The van der Waals surface area contributed by atoms with Gasteiger partial charge in [-0.2, -0.15) is 13.2 Å². The first-order chi connectivity index (χ1) is 14.4. The van der Waals surface area contributed by atoms with Crippen LogP contribution in [0.5, 0.6) is 0 Å². The van der Waals surface area contributed by atoms with Gasteiger partial charge in [-0.25, -0.2) is 8.42 Å². The van der Waals surface area contributed by atoms with E-state index in [4.69, 9.17) is 0 Å². The smallest absolute Gasteiger partial charge is 0.348 e. The van der Waals surface area contributed by atoms with Crippen molar-refractivity contribution < 1.29 is 26.4 Å². The van der Waals surface area contributed by atoms with Crippen molar-refractivity contribution >= 4 is 15.7 Å². The van der Waals surface area contributed by atoms with E-state index in [2.05, 4.69) is 5.32 Å². The number of carbonyl (C=O) groups is 1. The third kappa shape index (κ3) is 4.82. The molecule has 1 heterocycles. The molecule has 0 aliphatic rings. The number of carbonyl (C=O) groups excluding carboxylic acids is 1. The SMILES string of the molecule is Cc1cc(C(=O)NCc2ccc(S(C)(=O)=O)cc2)c(C)n1-c1ccccc1C(F)(F)F. The van der Waals surface area contributed by atoms with Gasteiger partial charge in [-0.05, 0) is 49.7 Å². The van der Waals surface area contributed by atoms with Gasteiger partial charge in [-0.3, -0.25) is 4.79 Å². The summed E-state index contributed by atoms with van der Waals surface area (Å²) in [6.45, 7) is 3.38. The number of nitrogens with zero attached hydrogens (tertiary/aromatic N) is 1. The van der Waals surface area contributed by atoms with Crippen molar-refractivity contribution in [3.63, 3.8) is 0 Å². The topological polar surface area (TPSA) is 68.2 Å². The Morgan fingerprint density at radius 2 is 1.65 bits per heavy atom. The number of hydrogen-bond acceptors (Lipinski definition) is 3. The number of para-hydroxylation sites is 1. The van der Waals surface area contributed by atoms with E-state index in [1.165, 1.54) is 34.9 Å². The number of hydrogen-bond donors (Lipinski definition) is 1. The van der Waals surface area contributed by atoms with E-state index in [0.717, 1.165) is 12.3 Å². The molecule has 3 aromatic rings. The van der Waals surface area contributed by atoms with Crippen LogP contribution < -0.4 is 5.32 Å². The van der Waals surface area contributed by atoms with Crippen molar-refractivity contribution in [3.05, 3.63) is 82.7 Å². The van der Waals surface area contributed by atoms with Gasteiger partial charge in [0.1, 0.15) is 0 Å². The van der Waals surface area contributed by atoms with Gasteiger partial charge in [0.15, 0.2) is 9.84 Å². The summed E-state index contributed by atoms with van der Waals surface area (Å²) in [6, 6.07) is 12.9. The zero-order valence-corrected chi connectivity index (χ0v) is 17.9. The zero-order valence-electron chi connectivity index (χ0n) is 17.1. The quantitative estimate of drug-likeness (QED) is 0.625. The van der Waals surface area contributed by atoms with E-state index < -0.39 is 27.5 Å². The Morgan fingerprint density at radius 3 is 2.23 bits per heavy atom. The molecular formula is C22H21F3N2O3S. The lowest BCUT2D eigenvalue weighted by Gasteiger charge is -2.16. The van der Waals surface area contributed by atoms with Crippen molar-refractivity contribution in [2.75, 3.05) is 6.26 Å². The largest absolute Gasteiger partial charge is 0.418 e. The summed E-state index contributed by atoms with van der Waals surface area (Å²) in [7, 11) is -3.31. The zero-order chi connectivity index (χ0) is 23.0. The Morgan fingerprint density at radius 1 is 1.03 bits per heavy atom. The minimum Gasteiger partial charge on any atom is -0.348 e. The molecule has 1 aromatic heterocycles. The molecule has 1 amide bonds. The van der Waals surface area contributed by atoms with Crippen LogP contribution in [0.3, 0.4) is 0 Å². The standard InChI is InChI=1S/C22H21F3N2O3S/c1-14-12-18(15(2)27(14)20-7-5-4-6-19(20)22(23,24)25)21(28)26-13-16-8-10-17(11-9-16)31(3,29)30/h4-12H,13H2,1-3H3,(H,26,28). The second-order valence-corrected chi connectivity index (χ2v) is 9.25. The van der Waals surface area contributed by atoms with Crippen LogP contribution in [0.15, 0.2) is 59.5 Å². The van der Waals surface area contributed by atoms with E-state index >= 15 is 0 Å². The minimum atomic E-state index is -4.53. The number of aryl methyl sites for hydroxylation is 1. The third-order valence-corrected chi connectivity index (χ3v) is 6.06. The normalized spacial score (nSPS) is 12.1. The number of alkyl halides is 3. The lowest BCUT2D eigenvalue weighted by atomic mass is 10.1. The van der Waals surface area contributed by atoms with E-state index in [1.807, 2.05) is 0 Å². The maximum absolute atomic E-state index is 13.4. The van der Waals surface area contributed by atoms with Gasteiger partial charge in [0.2, 0.25) is 0 Å². The molecule has 1 N–H and O–H groups in total. The monoisotopic (exact) mass is 450 g/mol. The summed E-state index contributed by atoms with van der Waals surface area (Å²) >= 11 is 0. The summed E-state index contributed by atoms with van der Waals surface area (Å²) in [5, 5.41) is 2.73. The second-order valence-electron chi connectivity index (χ2n) is 7.23. The number of aromatic nitrogens is 1. The van der Waals surface area contributed by atoms with Crippen molar-refractivity contribution in [3.8, 4) is 5.69 Å². The predicted molar refractivity (Wildman–Crippen MR) is 111 cm³/mol. The molecule has 5 nitrogen and oxygen atoms in total. The molecule has 164 valence electrons. The molecule has 0 saturated carbocycles. The molecule has 0 atom stereocenters. The van der Waals surface area contributed by atoms with E-state index in [9.17, 15) is 26.4 Å². The first kappa shape index (κ1) is 22.6. The van der Waals surface area contributed by atoms with Gasteiger partial charge in [0.25, 0.3) is 5.91 Å². The predicted octanol–water partition coefficient (Wildman–Crippen LogP) is 4.45. The number of halogens is 3. The molecule has 0 fully saturated rings. The fourth-order valence-electron chi connectivity index (χ4n) is 3.40. The van der Waals surface area contributed by atoms with E-state index in [-0.39, 0.29) is 22.7 Å². The molecule has 31 heavy (non-hydrogen) atoms. The summed E-state index contributed by atoms with van der Waals surface area (Å²) in [6.07, 6.45) is -3.42. The Hall–Kier alpha value is -3.07. The highest BCUT2D eigenvalue weighted by Crippen LogP contribution is 2.35. The van der Waals surface area contributed by atoms with Crippen LogP contribution >= 0.6 is 0 Å². The van der Waals surface area contributed by atoms with Crippen LogP contribution in [0.1, 0.15) is 32.9 Å². The highest BCUT2D eigenvalue weighted by molar-refractivity contribution is 7.90. The van der Waals surface area contributed by atoms with E-state index in [0.29, 0.717) is 17.0 Å². The van der Waals surface area contributed by atoms with E-state index in [1.54, 1.807) is 32.0 Å². The van der Waals surface area contributed by atoms with Crippen molar-refractivity contribution in [2.24, 2.45) is 0 Å². The van der Waals surface area contributed by atoms with Crippen LogP contribution in [0, 0.1) is 13.8 Å². The number of nitrogens with one attached hydrogen (secondary N) is 1. The van der Waals surface area contributed by atoms with Crippen LogP contribution in [0.4, 0.5) is 13.2 Å². The molecule has 0 radical (unpaired) electrons. The minimum absolute atomic E-state index is 0.0413. The second kappa shape index (κ2) is 8.22. The molecule has 3 rings (SSSR count). The highest BCUT2D eigenvalue weighted by atomic mass is 32.2. The fourth-order valence-corrected chi connectivity index (χ4v) is 4.03. The first-order valence-corrected chi connectivity index (χ1v) is 11.2. The average molecular weight is 450 g/mol. The Bertz CT molecular complexity index is 1230. The Balaban J connectivity index is 1.85. The van der Waals surface area contributed by atoms with Crippen molar-refractivity contribution in [2.45, 2.75) is 31.5 Å². The molecule has 0 aliphatic carbocycles. The lowest BCUT2D eigenvalue weighted by molar-refractivity contribution is -0.137. The summed E-state index contributed by atoms with van der Waals surface area (Å²) < 4.78 is 64.8. The maximum Gasteiger partial charge on any atom is 0.418 e. The van der Waals surface area contributed by atoms with Gasteiger partial charge < -0.3 is 9.88 Å². The van der Waals surface area contributed by atoms with Gasteiger partial charge in [-0.1, -0.05) is 24.3 Å². The number of sulfone groups is 1. The Labute approximate surface area is 178 Å². The Kier molecular flexibility index (Phi) is 6.00. The average Bonchev–Trinajstić information content (AvgIpc) is 2.99. The van der Waals surface area contributed by atoms with Crippen LogP contribution in [-0.2, 0) is 22.6 Å². The molecule has 9 heteroatoms. The third-order valence-electron chi connectivity index (χ3n) is 4.93. The van der Waals surface area contributed by atoms with Crippen molar-refractivity contribution in [1.29, 1.82) is 0 Å². The lowest BCUT2D eigenvalue weighted by Crippen LogP contribution is -2.23. The first-order valence-electron chi connectivity index (χ1n) is 9.32. The van der Waals surface area contributed by atoms with Crippen LogP contribution in [-0.4, -0.2) is 25.1 Å². The fraction of sp³-hybridized carbons (Fsp3) is 0.227. The number of rotatable bonds is 5. The van der Waals surface area contributed by atoms with Crippen LogP contribution in [0.25, 0.3) is 5.69 Å². The van der Waals surface area contributed by atoms with Crippen molar-refractivity contribution in [1.82, 2.24) is 9.88 Å². The molecule has 0 bridgehead atoms. The van der Waals surface area contributed by atoms with Crippen LogP contribution in [0.2, 0.25) is 0 Å².